The molecule has 0 saturated heterocycles. The predicted octanol–water partition coefficient (Wildman–Crippen LogP) is 2.10. The molecule has 25 heavy (non-hydrogen) atoms. The molecule has 1 unspecified atom stereocenters. The normalized spacial score (nSPS) is 17.2. The van der Waals surface area contributed by atoms with E-state index in [9.17, 15) is 13.2 Å². The molecule has 8 heteroatoms. The van der Waals surface area contributed by atoms with Gasteiger partial charge in [0.05, 0.1) is 17.1 Å². The van der Waals surface area contributed by atoms with Crippen LogP contribution in [0.1, 0.15) is 30.9 Å². The third-order valence-corrected chi connectivity index (χ3v) is 6.17. The minimum atomic E-state index is -3.66. The highest BCUT2D eigenvalue weighted by atomic mass is 32.2. The average molecular weight is 363 g/mol. The molecule has 1 aromatic heterocycles. The van der Waals surface area contributed by atoms with Gasteiger partial charge in [0.25, 0.3) is 0 Å². The standard InChI is InChI=1S/C17H21N3O4S/c1-11-7-14-9-16(5-6-17(14)20(11)13(3)21)25(22,23)19(4)10-15-8-12(2)24-18-15/h5-6,8-9,11H,7,10H2,1-4H3. The Balaban J connectivity index is 1.89. The highest BCUT2D eigenvalue weighted by molar-refractivity contribution is 7.89. The van der Waals surface area contributed by atoms with Gasteiger partial charge in [-0.15, -0.1) is 0 Å². The van der Waals surface area contributed by atoms with Crippen molar-refractivity contribution >= 4 is 21.6 Å². The first kappa shape index (κ1) is 17.6. The van der Waals surface area contributed by atoms with E-state index < -0.39 is 10.0 Å². The van der Waals surface area contributed by atoms with Crippen LogP contribution in [-0.2, 0) is 27.8 Å². The number of hydrogen-bond donors (Lipinski definition) is 0. The van der Waals surface area contributed by atoms with Crippen molar-refractivity contribution < 1.29 is 17.7 Å². The first-order valence-corrected chi connectivity index (χ1v) is 9.45. The number of carbonyl (C=O) groups excluding carboxylic acids is 1. The fraction of sp³-hybridized carbons (Fsp3) is 0.412. The van der Waals surface area contributed by atoms with E-state index in [1.807, 2.05) is 6.92 Å². The predicted molar refractivity (Wildman–Crippen MR) is 92.7 cm³/mol. The van der Waals surface area contributed by atoms with Crippen LogP contribution in [0.5, 0.6) is 0 Å². The molecule has 1 atom stereocenters. The molecule has 2 heterocycles. The first-order valence-electron chi connectivity index (χ1n) is 8.01. The Morgan fingerprint density at radius 2 is 2.12 bits per heavy atom. The van der Waals surface area contributed by atoms with E-state index in [2.05, 4.69) is 5.16 Å². The minimum Gasteiger partial charge on any atom is -0.361 e. The van der Waals surface area contributed by atoms with Crippen LogP contribution in [0.25, 0.3) is 0 Å². The summed E-state index contributed by atoms with van der Waals surface area (Å²) in [5.41, 5.74) is 2.21. The fourth-order valence-corrected chi connectivity index (χ4v) is 4.43. The Kier molecular flexibility index (Phi) is 4.42. The molecule has 0 saturated carbocycles. The summed E-state index contributed by atoms with van der Waals surface area (Å²) < 4.78 is 31.9. The summed E-state index contributed by atoms with van der Waals surface area (Å²) in [6.45, 7) is 5.36. The van der Waals surface area contributed by atoms with E-state index in [1.165, 1.54) is 18.3 Å². The van der Waals surface area contributed by atoms with E-state index in [-0.39, 0.29) is 23.4 Å². The van der Waals surface area contributed by atoms with Gasteiger partial charge in [0.1, 0.15) is 5.76 Å². The molecule has 134 valence electrons. The van der Waals surface area contributed by atoms with Crippen LogP contribution in [-0.4, -0.2) is 36.9 Å². The van der Waals surface area contributed by atoms with E-state index in [1.54, 1.807) is 36.1 Å². The van der Waals surface area contributed by atoms with E-state index in [0.717, 1.165) is 11.3 Å². The molecule has 1 aliphatic heterocycles. The molecule has 3 rings (SSSR count). The molecule has 0 spiro atoms. The van der Waals surface area contributed by atoms with E-state index >= 15 is 0 Å². The number of sulfonamides is 1. The SMILES string of the molecule is CC(=O)N1c2ccc(S(=O)(=O)N(C)Cc3cc(C)on3)cc2CC1C. The average Bonchev–Trinajstić information content (AvgIpc) is 3.08. The summed E-state index contributed by atoms with van der Waals surface area (Å²) in [4.78, 5) is 13.7. The van der Waals surface area contributed by atoms with Gasteiger partial charge >= 0.3 is 0 Å². The molecule has 1 aliphatic rings. The van der Waals surface area contributed by atoms with Gasteiger partial charge < -0.3 is 9.42 Å². The number of nitrogens with zero attached hydrogens (tertiary/aromatic N) is 3. The molecule has 0 radical (unpaired) electrons. The lowest BCUT2D eigenvalue weighted by Crippen LogP contribution is -2.33. The zero-order chi connectivity index (χ0) is 18.4. The maximum Gasteiger partial charge on any atom is 0.243 e. The second kappa shape index (κ2) is 6.27. The minimum absolute atomic E-state index is 0.0290. The number of carbonyl (C=O) groups is 1. The van der Waals surface area contributed by atoms with Crippen LogP contribution in [0.15, 0.2) is 33.7 Å². The van der Waals surface area contributed by atoms with Crippen molar-refractivity contribution in [3.8, 4) is 0 Å². The third-order valence-electron chi connectivity index (χ3n) is 4.38. The van der Waals surface area contributed by atoms with Crippen molar-refractivity contribution in [3.63, 3.8) is 0 Å². The molecule has 0 fully saturated rings. The summed E-state index contributed by atoms with van der Waals surface area (Å²) in [6, 6.07) is 6.66. The van der Waals surface area contributed by atoms with Gasteiger partial charge in [-0.05, 0) is 44.0 Å². The number of rotatable bonds is 4. The summed E-state index contributed by atoms with van der Waals surface area (Å²) in [7, 11) is -2.15. The van der Waals surface area contributed by atoms with Crippen molar-refractivity contribution in [3.05, 3.63) is 41.3 Å². The molecular weight excluding hydrogens is 342 g/mol. The number of aromatic nitrogens is 1. The van der Waals surface area contributed by atoms with Gasteiger partial charge in [-0.25, -0.2) is 8.42 Å². The zero-order valence-electron chi connectivity index (χ0n) is 14.7. The van der Waals surface area contributed by atoms with E-state index in [0.29, 0.717) is 17.9 Å². The van der Waals surface area contributed by atoms with Crippen LogP contribution in [0.3, 0.4) is 0 Å². The summed E-state index contributed by atoms with van der Waals surface area (Å²) >= 11 is 0. The number of anilines is 1. The molecule has 0 aliphatic carbocycles. The maximum absolute atomic E-state index is 12.8. The number of amides is 1. The lowest BCUT2D eigenvalue weighted by Gasteiger charge is -2.21. The molecule has 0 N–H and O–H groups in total. The Bertz CT molecular complexity index is 920. The molecule has 1 amide bonds. The molecule has 2 aromatic rings. The molecule has 0 bridgehead atoms. The van der Waals surface area contributed by atoms with Crippen LogP contribution in [0, 0.1) is 6.92 Å². The monoisotopic (exact) mass is 363 g/mol. The van der Waals surface area contributed by atoms with Crippen molar-refractivity contribution in [1.82, 2.24) is 9.46 Å². The van der Waals surface area contributed by atoms with Gasteiger partial charge in [-0.3, -0.25) is 4.79 Å². The number of aryl methyl sites for hydroxylation is 1. The summed E-state index contributed by atoms with van der Waals surface area (Å²) in [5.74, 6) is 0.594. The van der Waals surface area contributed by atoms with Crippen molar-refractivity contribution in [2.75, 3.05) is 11.9 Å². The molecule has 1 aromatic carbocycles. The van der Waals surface area contributed by atoms with Crippen LogP contribution >= 0.6 is 0 Å². The van der Waals surface area contributed by atoms with Gasteiger partial charge in [0.15, 0.2) is 0 Å². The lowest BCUT2D eigenvalue weighted by atomic mass is 10.1. The summed E-state index contributed by atoms with van der Waals surface area (Å²) in [5, 5.41) is 3.83. The first-order chi connectivity index (χ1) is 11.7. The molecule has 7 nitrogen and oxygen atoms in total. The highest BCUT2D eigenvalue weighted by Gasteiger charge is 2.31. The van der Waals surface area contributed by atoms with Crippen LogP contribution in [0.4, 0.5) is 5.69 Å². The topological polar surface area (TPSA) is 83.7 Å². The number of hydrogen-bond acceptors (Lipinski definition) is 5. The molecular formula is C17H21N3O4S. The number of fused-ring (bicyclic) bond motifs is 1. The largest absolute Gasteiger partial charge is 0.361 e. The zero-order valence-corrected chi connectivity index (χ0v) is 15.5. The highest BCUT2D eigenvalue weighted by Crippen LogP contribution is 2.34. The van der Waals surface area contributed by atoms with Crippen molar-refractivity contribution in [1.29, 1.82) is 0 Å². The number of benzene rings is 1. The fourth-order valence-electron chi connectivity index (χ4n) is 3.23. The van der Waals surface area contributed by atoms with E-state index in [4.69, 9.17) is 4.52 Å². The Morgan fingerprint density at radius 3 is 2.72 bits per heavy atom. The quantitative estimate of drug-likeness (QED) is 0.831. The van der Waals surface area contributed by atoms with Crippen molar-refractivity contribution in [2.24, 2.45) is 0 Å². The van der Waals surface area contributed by atoms with Gasteiger partial charge in [-0.2, -0.15) is 4.31 Å². The van der Waals surface area contributed by atoms with Crippen molar-refractivity contribution in [2.45, 2.75) is 44.7 Å². The van der Waals surface area contributed by atoms with Crippen LogP contribution < -0.4 is 4.90 Å². The third kappa shape index (κ3) is 3.19. The Hall–Kier alpha value is -2.19. The van der Waals surface area contributed by atoms with Crippen LogP contribution in [0.2, 0.25) is 0 Å². The second-order valence-electron chi connectivity index (χ2n) is 6.42. The lowest BCUT2D eigenvalue weighted by molar-refractivity contribution is -0.116. The Labute approximate surface area is 147 Å². The van der Waals surface area contributed by atoms with Gasteiger partial charge in [0.2, 0.25) is 15.9 Å². The van der Waals surface area contributed by atoms with Gasteiger partial charge in [0, 0.05) is 31.8 Å². The smallest absolute Gasteiger partial charge is 0.243 e. The second-order valence-corrected chi connectivity index (χ2v) is 8.47. The summed E-state index contributed by atoms with van der Waals surface area (Å²) in [6.07, 6.45) is 0.643. The van der Waals surface area contributed by atoms with Gasteiger partial charge in [-0.1, -0.05) is 5.16 Å². The maximum atomic E-state index is 12.8. The Morgan fingerprint density at radius 1 is 1.40 bits per heavy atom.